The monoisotopic (exact) mass is 634 g/mol. The first-order chi connectivity index (χ1) is 22.0. The van der Waals surface area contributed by atoms with Gasteiger partial charge in [0.05, 0.1) is 6.61 Å². The molecule has 1 aliphatic heterocycles. The normalized spacial score (nSPS) is 21.3. The minimum Gasteiger partial charge on any atom is -0.491 e. The quantitative estimate of drug-likeness (QED) is 0.115. The third-order valence-electron chi connectivity index (χ3n) is 9.06. The van der Waals surface area contributed by atoms with Crippen LogP contribution in [0.25, 0.3) is 0 Å². The molecule has 0 spiro atoms. The highest BCUT2D eigenvalue weighted by atomic mass is 28.4. The fourth-order valence-corrected chi connectivity index (χ4v) is 9.50. The summed E-state index contributed by atoms with van der Waals surface area (Å²) in [6.45, 7) is 10.7. The summed E-state index contributed by atoms with van der Waals surface area (Å²) in [6.07, 6.45) is 2.17. The van der Waals surface area contributed by atoms with Crippen molar-refractivity contribution in [3.05, 3.63) is 95.1 Å². The van der Waals surface area contributed by atoms with E-state index in [9.17, 15) is 5.11 Å². The van der Waals surface area contributed by atoms with Crippen molar-refractivity contribution in [1.82, 2.24) is 0 Å². The molecule has 0 aromatic heterocycles. The maximum atomic E-state index is 10.5. The van der Waals surface area contributed by atoms with Gasteiger partial charge in [-0.3, -0.25) is 0 Å². The van der Waals surface area contributed by atoms with E-state index in [2.05, 4.69) is 67.6 Å². The van der Waals surface area contributed by atoms with E-state index in [0.29, 0.717) is 50.1 Å². The number of hydrogen-bond acceptors (Lipinski definition) is 7. The van der Waals surface area contributed by atoms with Crippen molar-refractivity contribution in [3.8, 4) is 11.5 Å². The first kappa shape index (κ1) is 33.6. The smallest absolute Gasteiger partial charge is 0.491 e. The fourth-order valence-electron chi connectivity index (χ4n) is 6.92. The first-order valence-electron chi connectivity index (χ1n) is 16.7. The lowest BCUT2D eigenvalue weighted by Crippen LogP contribution is -2.46. The predicted octanol–water partition coefficient (Wildman–Crippen LogP) is 7.46. The maximum absolute atomic E-state index is 10.5. The summed E-state index contributed by atoms with van der Waals surface area (Å²) in [4.78, 5) is 0. The number of rotatable bonds is 18. The lowest BCUT2D eigenvalue weighted by atomic mass is 9.80. The molecule has 2 aliphatic rings. The van der Waals surface area contributed by atoms with E-state index in [-0.39, 0.29) is 25.2 Å². The summed E-state index contributed by atoms with van der Waals surface area (Å²) in [6, 6.07) is 26.2. The van der Waals surface area contributed by atoms with Gasteiger partial charge in [0.15, 0.2) is 0 Å². The van der Waals surface area contributed by atoms with E-state index in [1.807, 2.05) is 32.9 Å². The third kappa shape index (κ3) is 8.36. The second-order valence-electron chi connectivity index (χ2n) is 12.1. The molecule has 0 fully saturated rings. The van der Waals surface area contributed by atoms with Crippen molar-refractivity contribution in [2.45, 2.75) is 77.0 Å². The molecule has 0 radical (unpaired) electrons. The van der Waals surface area contributed by atoms with Gasteiger partial charge in [-0.05, 0) is 86.8 Å². The van der Waals surface area contributed by atoms with Crippen LogP contribution in [-0.4, -0.2) is 59.7 Å². The Morgan fingerprint density at radius 2 is 1.51 bits per heavy atom. The molecule has 1 N–H and O–H groups in total. The summed E-state index contributed by atoms with van der Waals surface area (Å²) < 4.78 is 35.9. The molecule has 5 rings (SSSR count). The fraction of sp³-hybridized carbons (Fsp3) is 0.514. The van der Waals surface area contributed by atoms with Crippen LogP contribution in [0.15, 0.2) is 72.8 Å². The Morgan fingerprint density at radius 3 is 2.20 bits per heavy atom. The average Bonchev–Trinajstić information content (AvgIpc) is 3.58. The molecule has 8 heteroatoms. The van der Waals surface area contributed by atoms with Crippen molar-refractivity contribution in [2.75, 3.05) is 39.6 Å². The Balaban J connectivity index is 1.11. The van der Waals surface area contributed by atoms with Gasteiger partial charge in [0.25, 0.3) is 0 Å². The standard InChI is InChI=1S/C37H50O7Si/c1-5-41-45(42-6-2,43-7-3)22-12-21-39-25-31(38)26-40-32-19-17-28(18-20-32)37-35(34-15-10-11-16-36(34)44-37)24-30-23-29-13-8-9-14-33(29)27(30)4/h8-11,13-20,27,30-31,35,37-38H,5-7,12,21-26H2,1-4H3. The number of aliphatic hydroxyl groups excluding tert-OH is 1. The van der Waals surface area contributed by atoms with E-state index in [0.717, 1.165) is 30.6 Å². The van der Waals surface area contributed by atoms with Crippen LogP contribution in [0.1, 0.15) is 80.7 Å². The zero-order valence-corrected chi connectivity index (χ0v) is 28.3. The van der Waals surface area contributed by atoms with E-state index in [4.69, 9.17) is 27.5 Å². The van der Waals surface area contributed by atoms with Crippen LogP contribution in [0, 0.1) is 5.92 Å². The van der Waals surface area contributed by atoms with Gasteiger partial charge >= 0.3 is 8.80 Å². The maximum Gasteiger partial charge on any atom is 0.501 e. The summed E-state index contributed by atoms with van der Waals surface area (Å²) in [5.41, 5.74) is 5.42. The lowest BCUT2D eigenvalue weighted by Gasteiger charge is -2.28. The molecule has 0 saturated heterocycles. The average molecular weight is 635 g/mol. The van der Waals surface area contributed by atoms with Gasteiger partial charge in [-0.25, -0.2) is 0 Å². The Morgan fingerprint density at radius 1 is 0.844 bits per heavy atom. The number of hydrogen-bond donors (Lipinski definition) is 1. The van der Waals surface area contributed by atoms with Crippen LogP contribution < -0.4 is 9.47 Å². The number of benzene rings is 3. The number of ether oxygens (including phenoxy) is 3. The van der Waals surface area contributed by atoms with Crippen LogP contribution in [-0.2, 0) is 24.4 Å². The van der Waals surface area contributed by atoms with Crippen molar-refractivity contribution >= 4 is 8.80 Å². The molecule has 45 heavy (non-hydrogen) atoms. The Labute approximate surface area is 270 Å². The van der Waals surface area contributed by atoms with E-state index >= 15 is 0 Å². The minimum absolute atomic E-state index is 0.0404. The van der Waals surface area contributed by atoms with Gasteiger partial charge in [0.1, 0.15) is 30.3 Å². The summed E-state index contributed by atoms with van der Waals surface area (Å²) in [7, 11) is -2.67. The molecule has 0 bridgehead atoms. The topological polar surface area (TPSA) is 75.6 Å². The molecule has 3 aromatic rings. The highest BCUT2D eigenvalue weighted by Crippen LogP contribution is 2.52. The molecule has 5 atom stereocenters. The molecule has 3 aromatic carbocycles. The largest absolute Gasteiger partial charge is 0.501 e. The van der Waals surface area contributed by atoms with Crippen LogP contribution >= 0.6 is 0 Å². The lowest BCUT2D eigenvalue weighted by molar-refractivity contribution is 0.0102. The zero-order valence-electron chi connectivity index (χ0n) is 27.3. The molecular weight excluding hydrogens is 584 g/mol. The second kappa shape index (κ2) is 16.2. The number of aliphatic hydroxyl groups is 1. The number of fused-ring (bicyclic) bond motifs is 2. The molecule has 5 unspecified atom stereocenters. The number of para-hydroxylation sites is 1. The first-order valence-corrected chi connectivity index (χ1v) is 18.6. The summed E-state index contributed by atoms with van der Waals surface area (Å²) >= 11 is 0. The van der Waals surface area contributed by atoms with Crippen LogP contribution in [0.3, 0.4) is 0 Å². The van der Waals surface area contributed by atoms with Gasteiger partial charge < -0.3 is 32.6 Å². The predicted molar refractivity (Wildman–Crippen MR) is 178 cm³/mol. The van der Waals surface area contributed by atoms with E-state index in [1.54, 1.807) is 0 Å². The molecule has 1 heterocycles. The highest BCUT2D eigenvalue weighted by molar-refractivity contribution is 6.60. The highest BCUT2D eigenvalue weighted by Gasteiger charge is 2.41. The third-order valence-corrected chi connectivity index (χ3v) is 12.2. The van der Waals surface area contributed by atoms with Crippen LogP contribution in [0.4, 0.5) is 0 Å². The molecule has 1 aliphatic carbocycles. The van der Waals surface area contributed by atoms with Gasteiger partial charge in [-0.2, -0.15) is 0 Å². The van der Waals surface area contributed by atoms with Crippen LogP contribution in [0.2, 0.25) is 6.04 Å². The van der Waals surface area contributed by atoms with E-state index in [1.165, 1.54) is 16.7 Å². The summed E-state index contributed by atoms with van der Waals surface area (Å²) in [5, 5.41) is 10.5. The molecule has 0 amide bonds. The molecule has 0 saturated carbocycles. The van der Waals surface area contributed by atoms with Crippen LogP contribution in [0.5, 0.6) is 11.5 Å². The van der Waals surface area contributed by atoms with Gasteiger partial charge in [0, 0.05) is 44.0 Å². The van der Waals surface area contributed by atoms with Crippen molar-refractivity contribution in [2.24, 2.45) is 5.92 Å². The van der Waals surface area contributed by atoms with Gasteiger partial charge in [-0.15, -0.1) is 0 Å². The Hall–Kier alpha value is -2.72. The zero-order chi connectivity index (χ0) is 31.6. The Bertz CT molecular complexity index is 1320. The second-order valence-corrected chi connectivity index (χ2v) is 14.8. The summed E-state index contributed by atoms with van der Waals surface area (Å²) in [5.74, 6) is 3.11. The molecule has 244 valence electrons. The van der Waals surface area contributed by atoms with Crippen molar-refractivity contribution < 1.29 is 32.6 Å². The molecular formula is C37H50O7Si. The molecule has 7 nitrogen and oxygen atoms in total. The van der Waals surface area contributed by atoms with Crippen molar-refractivity contribution in [1.29, 1.82) is 0 Å². The van der Waals surface area contributed by atoms with Gasteiger partial charge in [-0.1, -0.05) is 61.5 Å². The minimum atomic E-state index is -2.67. The van der Waals surface area contributed by atoms with Gasteiger partial charge in [0.2, 0.25) is 0 Å². The SMILES string of the molecule is CCO[Si](CCCOCC(O)COc1ccc(C2Oc3ccccc3C2CC2Cc3ccccc3C2C)cc1)(OCC)OCC. The Kier molecular flexibility index (Phi) is 12.1. The van der Waals surface area contributed by atoms with E-state index < -0.39 is 14.9 Å². The van der Waals surface area contributed by atoms with Crippen molar-refractivity contribution in [3.63, 3.8) is 0 Å².